The fourth-order valence-corrected chi connectivity index (χ4v) is 3.85. The van der Waals surface area contributed by atoms with E-state index >= 15 is 0 Å². The maximum atomic E-state index is 14.5. The third-order valence-electron chi connectivity index (χ3n) is 6.15. The van der Waals surface area contributed by atoms with Crippen LogP contribution < -0.4 is 4.74 Å². The Morgan fingerprint density at radius 2 is 1.30 bits per heavy atom. The first-order valence-corrected chi connectivity index (χ1v) is 13.7. The number of benzene rings is 2. The van der Waals surface area contributed by atoms with Crippen molar-refractivity contribution in [3.8, 4) is 29.4 Å². The molecular weight excluding hydrogens is 508 g/mol. The molecule has 40 heavy (non-hydrogen) atoms. The normalized spacial score (nSPS) is 10.2. The smallest absolute Gasteiger partial charge is 0.302 e. The molecule has 0 N–H and O–H groups in total. The van der Waals surface area contributed by atoms with Gasteiger partial charge in [-0.3, -0.25) is 4.79 Å². The van der Waals surface area contributed by atoms with Crippen LogP contribution in [0.3, 0.4) is 0 Å². The molecule has 0 fully saturated rings. The van der Waals surface area contributed by atoms with Gasteiger partial charge in [0.05, 0.1) is 13.2 Å². The van der Waals surface area contributed by atoms with E-state index in [-0.39, 0.29) is 17.5 Å². The van der Waals surface area contributed by atoms with E-state index in [1.54, 1.807) is 49.5 Å². The number of carbonyl (C=O) groups is 1. The highest BCUT2D eigenvalue weighted by Crippen LogP contribution is 2.19. The number of aryl methyl sites for hydroxylation is 1. The summed E-state index contributed by atoms with van der Waals surface area (Å²) in [6.07, 6.45) is 10.1. The van der Waals surface area contributed by atoms with Gasteiger partial charge >= 0.3 is 5.97 Å². The third-order valence-corrected chi connectivity index (χ3v) is 6.15. The van der Waals surface area contributed by atoms with Gasteiger partial charge in [0.2, 0.25) is 0 Å². The van der Waals surface area contributed by atoms with Crippen LogP contribution in [0, 0.1) is 42.2 Å². The van der Waals surface area contributed by atoms with Crippen molar-refractivity contribution in [2.75, 3.05) is 13.2 Å². The number of pyridine rings is 1. The standard InChI is InChI=1S/C34H35F2NO3/c1-26-11-12-28(23-32(26)35)13-14-30-16-19-31(37-25-30)18-15-29-17-20-34(33(36)24-29)40-22-10-8-6-4-3-5-7-9-21-39-27(2)38/h11-12,16-17,19-20,23-25H,3-10,21-22H2,1-2H3. The van der Waals surface area contributed by atoms with Gasteiger partial charge in [0, 0.05) is 29.8 Å². The topological polar surface area (TPSA) is 48.4 Å². The van der Waals surface area contributed by atoms with E-state index in [0.29, 0.717) is 41.2 Å². The molecule has 0 aliphatic rings. The monoisotopic (exact) mass is 543 g/mol. The number of aromatic nitrogens is 1. The van der Waals surface area contributed by atoms with Crippen molar-refractivity contribution in [1.82, 2.24) is 4.98 Å². The molecule has 0 unspecified atom stereocenters. The first kappa shape index (κ1) is 30.4. The van der Waals surface area contributed by atoms with E-state index in [1.807, 2.05) is 0 Å². The summed E-state index contributed by atoms with van der Waals surface area (Å²) in [7, 11) is 0. The first-order valence-electron chi connectivity index (χ1n) is 13.7. The number of halogens is 2. The van der Waals surface area contributed by atoms with Crippen molar-refractivity contribution in [3.63, 3.8) is 0 Å². The summed E-state index contributed by atoms with van der Waals surface area (Å²) in [4.78, 5) is 15.0. The van der Waals surface area contributed by atoms with Crippen molar-refractivity contribution in [3.05, 3.63) is 94.3 Å². The molecule has 0 aliphatic heterocycles. The largest absolute Gasteiger partial charge is 0.491 e. The van der Waals surface area contributed by atoms with Crippen LogP contribution >= 0.6 is 0 Å². The number of unbranched alkanes of at least 4 members (excludes halogenated alkanes) is 7. The maximum Gasteiger partial charge on any atom is 0.302 e. The van der Waals surface area contributed by atoms with Crippen LogP contribution in [0.4, 0.5) is 8.78 Å². The molecule has 0 amide bonds. The van der Waals surface area contributed by atoms with Gasteiger partial charge in [-0.25, -0.2) is 13.8 Å². The molecule has 0 bridgehead atoms. The second-order valence-corrected chi connectivity index (χ2v) is 9.56. The summed E-state index contributed by atoms with van der Waals surface area (Å²) in [5, 5.41) is 0. The van der Waals surface area contributed by atoms with Gasteiger partial charge in [-0.05, 0) is 73.7 Å². The summed E-state index contributed by atoms with van der Waals surface area (Å²) in [6.45, 7) is 4.13. The Morgan fingerprint density at radius 1 is 0.725 bits per heavy atom. The third kappa shape index (κ3) is 11.3. The zero-order chi connectivity index (χ0) is 28.6. The molecule has 0 saturated carbocycles. The predicted octanol–water partition coefficient (Wildman–Crippen LogP) is 7.53. The molecular formula is C34H35F2NO3. The van der Waals surface area contributed by atoms with E-state index in [4.69, 9.17) is 9.47 Å². The van der Waals surface area contributed by atoms with Gasteiger partial charge in [-0.15, -0.1) is 0 Å². The average molecular weight is 544 g/mol. The molecule has 0 saturated heterocycles. The van der Waals surface area contributed by atoms with Crippen molar-refractivity contribution in [1.29, 1.82) is 0 Å². The minimum absolute atomic E-state index is 0.218. The lowest BCUT2D eigenvalue weighted by Gasteiger charge is -2.07. The summed E-state index contributed by atoms with van der Waals surface area (Å²) >= 11 is 0. The lowest BCUT2D eigenvalue weighted by Crippen LogP contribution is -2.00. The highest BCUT2D eigenvalue weighted by molar-refractivity contribution is 5.65. The highest BCUT2D eigenvalue weighted by atomic mass is 19.1. The minimum atomic E-state index is -0.438. The van der Waals surface area contributed by atoms with Crippen LogP contribution in [0.5, 0.6) is 5.75 Å². The molecule has 2 aromatic carbocycles. The average Bonchev–Trinajstić information content (AvgIpc) is 2.94. The van der Waals surface area contributed by atoms with Crippen molar-refractivity contribution in [2.24, 2.45) is 0 Å². The maximum absolute atomic E-state index is 14.5. The number of esters is 1. The predicted molar refractivity (Wildman–Crippen MR) is 153 cm³/mol. The number of rotatable bonds is 12. The Bertz CT molecular complexity index is 1380. The Hall–Kier alpha value is -4.16. The molecule has 3 aromatic rings. The van der Waals surface area contributed by atoms with Gasteiger partial charge in [0.1, 0.15) is 11.5 Å². The Labute approximate surface area is 236 Å². The molecule has 1 heterocycles. The molecule has 0 radical (unpaired) electrons. The van der Waals surface area contributed by atoms with Crippen molar-refractivity contribution in [2.45, 2.75) is 65.2 Å². The van der Waals surface area contributed by atoms with Crippen LogP contribution in [0.2, 0.25) is 0 Å². The molecule has 0 spiro atoms. The fourth-order valence-electron chi connectivity index (χ4n) is 3.85. The quantitative estimate of drug-likeness (QED) is 0.135. The highest BCUT2D eigenvalue weighted by Gasteiger charge is 2.04. The van der Waals surface area contributed by atoms with Crippen LogP contribution in [-0.2, 0) is 9.53 Å². The summed E-state index contributed by atoms with van der Waals surface area (Å²) < 4.78 is 38.7. The van der Waals surface area contributed by atoms with E-state index in [9.17, 15) is 13.6 Å². The molecule has 1 aromatic heterocycles. The summed E-state index contributed by atoms with van der Waals surface area (Å²) in [5.41, 5.74) is 2.93. The summed E-state index contributed by atoms with van der Waals surface area (Å²) in [5.74, 6) is 11.0. The minimum Gasteiger partial charge on any atom is -0.491 e. The van der Waals surface area contributed by atoms with Crippen LogP contribution in [0.25, 0.3) is 0 Å². The number of hydrogen-bond donors (Lipinski definition) is 0. The van der Waals surface area contributed by atoms with E-state index in [0.717, 1.165) is 44.9 Å². The first-order chi connectivity index (χ1) is 19.4. The molecule has 3 rings (SSSR count). The number of hydrogen-bond acceptors (Lipinski definition) is 4. The van der Waals surface area contributed by atoms with Crippen molar-refractivity contribution < 1.29 is 23.0 Å². The number of nitrogens with zero attached hydrogens (tertiary/aromatic N) is 1. The summed E-state index contributed by atoms with van der Waals surface area (Å²) in [6, 6.07) is 13.1. The zero-order valence-corrected chi connectivity index (χ0v) is 23.2. The van der Waals surface area contributed by atoms with Gasteiger partial charge < -0.3 is 9.47 Å². The number of ether oxygens (including phenoxy) is 2. The van der Waals surface area contributed by atoms with E-state index in [2.05, 4.69) is 28.7 Å². The second kappa shape index (κ2) is 16.7. The van der Waals surface area contributed by atoms with Gasteiger partial charge in [0.15, 0.2) is 11.6 Å². The van der Waals surface area contributed by atoms with Gasteiger partial charge in [-0.2, -0.15) is 0 Å². The lowest BCUT2D eigenvalue weighted by atomic mass is 10.1. The molecule has 6 heteroatoms. The molecule has 4 nitrogen and oxygen atoms in total. The van der Waals surface area contributed by atoms with Gasteiger partial charge in [0.25, 0.3) is 0 Å². The van der Waals surface area contributed by atoms with E-state index in [1.165, 1.54) is 25.5 Å². The van der Waals surface area contributed by atoms with E-state index < -0.39 is 5.82 Å². The lowest BCUT2D eigenvalue weighted by molar-refractivity contribution is -0.141. The Balaban J connectivity index is 1.36. The Kier molecular flexibility index (Phi) is 12.7. The van der Waals surface area contributed by atoms with Gasteiger partial charge in [-0.1, -0.05) is 62.4 Å². The van der Waals surface area contributed by atoms with Crippen LogP contribution in [0.1, 0.15) is 86.2 Å². The second-order valence-electron chi connectivity index (χ2n) is 9.56. The zero-order valence-electron chi connectivity index (χ0n) is 23.2. The molecule has 208 valence electrons. The SMILES string of the molecule is CC(=O)OCCCCCCCCCCOc1ccc(C#Cc2ccc(C#Cc3ccc(C)c(F)c3)cn2)cc1F. The van der Waals surface area contributed by atoms with Crippen LogP contribution in [0.15, 0.2) is 54.7 Å². The van der Waals surface area contributed by atoms with Crippen LogP contribution in [-0.4, -0.2) is 24.2 Å². The van der Waals surface area contributed by atoms with Crippen molar-refractivity contribution >= 4 is 5.97 Å². The fraction of sp³-hybridized carbons (Fsp3) is 0.353. The molecule has 0 atom stereocenters. The number of carbonyl (C=O) groups excluding carboxylic acids is 1. The molecule has 0 aliphatic carbocycles. The Morgan fingerprint density at radius 3 is 1.93 bits per heavy atom.